The molecule has 3 aromatic rings. The topological polar surface area (TPSA) is 164 Å². The average molecular weight is 649 g/mol. The minimum absolute atomic E-state index is 0.00673. The zero-order valence-corrected chi connectivity index (χ0v) is 24.7. The molecular weight excluding hydrogens is 620 g/mol. The summed E-state index contributed by atoms with van der Waals surface area (Å²) < 4.78 is 80.4. The van der Waals surface area contributed by atoms with Crippen LogP contribution >= 0.6 is 19.3 Å². The third-order valence-electron chi connectivity index (χ3n) is 6.48. The maximum atomic E-state index is 15.3. The molecule has 0 saturated carbocycles. The van der Waals surface area contributed by atoms with Gasteiger partial charge in [0.1, 0.15) is 23.7 Å². The van der Waals surface area contributed by atoms with Gasteiger partial charge in [0, 0.05) is 11.6 Å². The Morgan fingerprint density at radius 3 is 2.60 bits per heavy atom. The first-order valence-electron chi connectivity index (χ1n) is 12.9. The minimum Gasteiger partial charge on any atom is -0.462 e. The van der Waals surface area contributed by atoms with E-state index in [9.17, 15) is 28.0 Å². The van der Waals surface area contributed by atoms with Crippen LogP contribution in [0.25, 0.3) is 10.8 Å². The van der Waals surface area contributed by atoms with E-state index in [-0.39, 0.29) is 10.8 Å². The Hall–Kier alpha value is -3.20. The summed E-state index contributed by atoms with van der Waals surface area (Å²) in [5.41, 5.74) is 1.10. The van der Waals surface area contributed by atoms with Crippen molar-refractivity contribution in [2.45, 2.75) is 63.4 Å². The Bertz CT molecular complexity index is 1590. The van der Waals surface area contributed by atoms with E-state index in [0.29, 0.717) is 15.3 Å². The largest absolute Gasteiger partial charge is 0.462 e. The van der Waals surface area contributed by atoms with Gasteiger partial charge in [-0.15, -0.1) is 0 Å². The van der Waals surface area contributed by atoms with Crippen LogP contribution in [0.15, 0.2) is 53.5 Å². The SMILES string of the molecule is CC(C)OC(=O)C(C)NP(=O)(OCC1(C(F)F)OC(n2cc(Cl)c(N)nc2=O)C(F)C1O)Oc1cccc2ccccc12. The summed E-state index contributed by atoms with van der Waals surface area (Å²) in [6.45, 7) is 3.01. The lowest BCUT2D eigenvalue weighted by Crippen LogP contribution is -2.52. The molecule has 0 spiro atoms. The van der Waals surface area contributed by atoms with Crippen molar-refractivity contribution in [2.75, 3.05) is 12.3 Å². The molecule has 0 bridgehead atoms. The molecule has 0 radical (unpaired) electrons. The van der Waals surface area contributed by atoms with Crippen molar-refractivity contribution >= 4 is 41.9 Å². The van der Waals surface area contributed by atoms with Crippen LogP contribution in [-0.2, 0) is 23.4 Å². The van der Waals surface area contributed by atoms with Crippen LogP contribution in [0.1, 0.15) is 27.0 Å². The Balaban J connectivity index is 1.69. The highest BCUT2D eigenvalue weighted by molar-refractivity contribution is 7.52. The molecule has 1 aromatic heterocycles. The van der Waals surface area contributed by atoms with E-state index >= 15 is 4.39 Å². The van der Waals surface area contributed by atoms with Gasteiger partial charge in [-0.2, -0.15) is 10.1 Å². The van der Waals surface area contributed by atoms with Gasteiger partial charge >= 0.3 is 19.4 Å². The van der Waals surface area contributed by atoms with Crippen LogP contribution in [0.5, 0.6) is 5.75 Å². The van der Waals surface area contributed by atoms with E-state index in [0.717, 1.165) is 6.20 Å². The number of esters is 1. The number of carbonyl (C=O) groups is 1. The molecule has 0 aliphatic carbocycles. The van der Waals surface area contributed by atoms with Gasteiger partial charge in [0.2, 0.25) is 0 Å². The molecule has 43 heavy (non-hydrogen) atoms. The number of halogens is 4. The summed E-state index contributed by atoms with van der Waals surface area (Å²) in [5, 5.41) is 13.8. The average Bonchev–Trinajstić information content (AvgIpc) is 3.20. The second-order valence-electron chi connectivity index (χ2n) is 9.99. The quantitative estimate of drug-likeness (QED) is 0.203. The number of fused-ring (bicyclic) bond motifs is 1. The summed E-state index contributed by atoms with van der Waals surface area (Å²) in [5.74, 6) is -1.27. The number of aliphatic hydroxyl groups is 1. The first kappa shape index (κ1) is 32.7. The van der Waals surface area contributed by atoms with Gasteiger partial charge in [0.05, 0.1) is 17.7 Å². The monoisotopic (exact) mass is 648 g/mol. The molecule has 1 saturated heterocycles. The van der Waals surface area contributed by atoms with Gasteiger partial charge < -0.3 is 24.8 Å². The van der Waals surface area contributed by atoms with Gasteiger partial charge in [-0.25, -0.2) is 22.5 Å². The summed E-state index contributed by atoms with van der Waals surface area (Å²) in [6, 6.07) is 10.2. The van der Waals surface area contributed by atoms with Crippen molar-refractivity contribution in [3.8, 4) is 5.75 Å². The highest BCUT2D eigenvalue weighted by atomic mass is 35.5. The third-order valence-corrected chi connectivity index (χ3v) is 8.38. The van der Waals surface area contributed by atoms with Gasteiger partial charge in [-0.1, -0.05) is 48.0 Å². The number of nitrogens with two attached hydrogens (primary N) is 1. The van der Waals surface area contributed by atoms with Crippen molar-refractivity contribution in [1.82, 2.24) is 14.6 Å². The summed E-state index contributed by atoms with van der Waals surface area (Å²) in [7, 11) is -4.81. The molecule has 12 nitrogen and oxygen atoms in total. The zero-order chi connectivity index (χ0) is 31.7. The lowest BCUT2D eigenvalue weighted by atomic mass is 9.97. The predicted molar refractivity (Wildman–Crippen MR) is 150 cm³/mol. The number of hydrogen-bond donors (Lipinski definition) is 3. The Labute approximate surface area is 248 Å². The number of nitrogens with one attached hydrogen (secondary N) is 1. The summed E-state index contributed by atoms with van der Waals surface area (Å²) in [6.07, 6.45) is -10.7. The Morgan fingerprint density at radius 1 is 1.26 bits per heavy atom. The van der Waals surface area contributed by atoms with E-state index < -0.39 is 74.5 Å². The number of carbonyl (C=O) groups excluding carboxylic acids is 1. The predicted octanol–water partition coefficient (Wildman–Crippen LogP) is 4.00. The molecule has 1 aliphatic heterocycles. The number of benzene rings is 2. The Morgan fingerprint density at radius 2 is 1.93 bits per heavy atom. The first-order valence-corrected chi connectivity index (χ1v) is 14.8. The Kier molecular flexibility index (Phi) is 9.74. The van der Waals surface area contributed by atoms with Crippen molar-refractivity contribution in [2.24, 2.45) is 0 Å². The normalized spacial score (nSPS) is 24.3. The molecule has 0 amide bonds. The van der Waals surface area contributed by atoms with Gasteiger partial charge in [0.25, 0.3) is 6.43 Å². The number of alkyl halides is 3. The van der Waals surface area contributed by atoms with E-state index in [1.54, 1.807) is 50.2 Å². The van der Waals surface area contributed by atoms with Crippen LogP contribution in [0, 0.1) is 0 Å². The number of aliphatic hydroxyl groups excluding tert-OH is 1. The standard InChI is InChI=1S/C26H29ClF3N4O8P/c1-13(2)40-23(36)14(3)33-43(38,42-18-10-6-8-15-7-4-5-9-16(15)18)39-12-26(24(29)30)20(35)19(28)22(41-26)34-11-17(27)21(31)32-25(34)37/h4-11,13-14,19-20,22,24,35H,12H2,1-3H3,(H,33,38)(H2,31,32,37). The van der Waals surface area contributed by atoms with Crippen LogP contribution in [0.4, 0.5) is 19.0 Å². The fraction of sp³-hybridized carbons (Fsp3) is 0.423. The number of ether oxygens (including phenoxy) is 2. The number of hydrogen-bond acceptors (Lipinski definition) is 10. The van der Waals surface area contributed by atoms with Gasteiger partial charge in [-0.05, 0) is 32.2 Å². The molecule has 6 atom stereocenters. The fourth-order valence-electron chi connectivity index (χ4n) is 4.30. The van der Waals surface area contributed by atoms with Crippen LogP contribution in [0.2, 0.25) is 5.02 Å². The van der Waals surface area contributed by atoms with Crippen molar-refractivity contribution in [1.29, 1.82) is 0 Å². The van der Waals surface area contributed by atoms with Crippen molar-refractivity contribution < 1.29 is 46.2 Å². The number of nitrogens with zero attached hydrogens (tertiary/aromatic N) is 2. The minimum atomic E-state index is -4.81. The molecular formula is C26H29ClF3N4O8P. The molecule has 1 aliphatic rings. The molecule has 4 N–H and O–H groups in total. The molecule has 1 fully saturated rings. The van der Waals surface area contributed by atoms with E-state index in [2.05, 4.69) is 10.1 Å². The smallest absolute Gasteiger partial charge is 0.459 e. The molecule has 2 aromatic carbocycles. The van der Waals surface area contributed by atoms with Crippen LogP contribution in [0.3, 0.4) is 0 Å². The second kappa shape index (κ2) is 12.8. The van der Waals surface area contributed by atoms with Gasteiger partial charge in [-0.3, -0.25) is 13.9 Å². The highest BCUT2D eigenvalue weighted by Gasteiger charge is 2.62. The maximum absolute atomic E-state index is 15.3. The fourth-order valence-corrected chi connectivity index (χ4v) is 6.00. The third kappa shape index (κ3) is 6.82. The highest BCUT2D eigenvalue weighted by Crippen LogP contribution is 2.50. The van der Waals surface area contributed by atoms with Crippen molar-refractivity contribution in [3.05, 3.63) is 64.2 Å². The molecule has 4 rings (SSSR count). The van der Waals surface area contributed by atoms with E-state index in [1.165, 1.54) is 13.0 Å². The lowest BCUT2D eigenvalue weighted by Gasteiger charge is -2.32. The zero-order valence-electron chi connectivity index (χ0n) is 23.0. The number of anilines is 1. The number of nitrogen functional groups attached to an aromatic ring is 1. The molecule has 234 valence electrons. The molecule has 2 heterocycles. The summed E-state index contributed by atoms with van der Waals surface area (Å²) >= 11 is 5.87. The van der Waals surface area contributed by atoms with Gasteiger partial charge in [0.15, 0.2) is 18.0 Å². The van der Waals surface area contributed by atoms with E-state index in [4.69, 9.17) is 35.9 Å². The molecule has 6 unspecified atom stereocenters. The molecule has 17 heteroatoms. The second-order valence-corrected chi connectivity index (χ2v) is 12.1. The summed E-state index contributed by atoms with van der Waals surface area (Å²) in [4.78, 5) is 28.2. The van der Waals surface area contributed by atoms with Crippen molar-refractivity contribution in [3.63, 3.8) is 0 Å². The van der Waals surface area contributed by atoms with Crippen LogP contribution in [-0.4, -0.2) is 63.7 Å². The number of aromatic nitrogens is 2. The van der Waals surface area contributed by atoms with E-state index in [1.807, 2.05) is 0 Å². The van der Waals surface area contributed by atoms with Crippen LogP contribution < -0.4 is 21.0 Å². The maximum Gasteiger partial charge on any atom is 0.459 e. The lowest BCUT2D eigenvalue weighted by molar-refractivity contribution is -0.192. The number of rotatable bonds is 11. The first-order chi connectivity index (χ1) is 20.2.